The third kappa shape index (κ3) is 4.95. The van der Waals surface area contributed by atoms with Gasteiger partial charge in [-0.25, -0.2) is 9.78 Å². The molecule has 0 N–H and O–H groups in total. The standard InChI is InChI=1S/C23H24N2O3S/c1-15-7-5-8-17(11-15)13-20-16(2)24-23(25(3)21(20)26)29-14-18-9-6-10-19(12-18)22(27)28-4/h5-12H,13-14H2,1-4H3. The molecule has 2 aromatic carbocycles. The van der Waals surface area contributed by atoms with E-state index in [4.69, 9.17) is 4.74 Å². The van der Waals surface area contributed by atoms with Crippen LogP contribution in [-0.2, 0) is 24.0 Å². The minimum absolute atomic E-state index is 0.0233. The maximum absolute atomic E-state index is 12.9. The highest BCUT2D eigenvalue weighted by Crippen LogP contribution is 2.22. The van der Waals surface area contributed by atoms with Crippen molar-refractivity contribution in [3.63, 3.8) is 0 Å². The number of aromatic nitrogens is 2. The van der Waals surface area contributed by atoms with Crippen molar-refractivity contribution in [1.82, 2.24) is 9.55 Å². The molecule has 0 fully saturated rings. The van der Waals surface area contributed by atoms with Gasteiger partial charge in [0.15, 0.2) is 5.16 Å². The molecule has 0 aliphatic rings. The second kappa shape index (κ2) is 9.09. The number of esters is 1. The fourth-order valence-electron chi connectivity index (χ4n) is 3.14. The molecule has 29 heavy (non-hydrogen) atoms. The summed E-state index contributed by atoms with van der Waals surface area (Å²) < 4.78 is 6.37. The van der Waals surface area contributed by atoms with Gasteiger partial charge in [-0.15, -0.1) is 0 Å². The van der Waals surface area contributed by atoms with E-state index in [1.807, 2.05) is 44.2 Å². The Labute approximate surface area is 174 Å². The van der Waals surface area contributed by atoms with Crippen LogP contribution in [0, 0.1) is 13.8 Å². The van der Waals surface area contributed by atoms with E-state index in [2.05, 4.69) is 11.1 Å². The fourth-order valence-corrected chi connectivity index (χ4v) is 4.10. The monoisotopic (exact) mass is 408 g/mol. The molecule has 5 nitrogen and oxygen atoms in total. The Morgan fingerprint density at radius 2 is 1.83 bits per heavy atom. The summed E-state index contributed by atoms with van der Waals surface area (Å²) in [6.45, 7) is 3.93. The summed E-state index contributed by atoms with van der Waals surface area (Å²) >= 11 is 1.47. The van der Waals surface area contributed by atoms with Crippen molar-refractivity contribution >= 4 is 17.7 Å². The summed E-state index contributed by atoms with van der Waals surface area (Å²) in [5.74, 6) is 0.237. The molecule has 0 spiro atoms. The largest absolute Gasteiger partial charge is 0.465 e. The van der Waals surface area contributed by atoms with Gasteiger partial charge >= 0.3 is 5.97 Å². The Hall–Kier alpha value is -2.86. The summed E-state index contributed by atoms with van der Waals surface area (Å²) in [6, 6.07) is 15.5. The minimum Gasteiger partial charge on any atom is -0.465 e. The molecule has 0 radical (unpaired) electrons. The van der Waals surface area contributed by atoms with E-state index in [-0.39, 0.29) is 11.5 Å². The van der Waals surface area contributed by atoms with Crippen molar-refractivity contribution in [2.75, 3.05) is 7.11 Å². The zero-order chi connectivity index (χ0) is 21.0. The normalized spacial score (nSPS) is 10.8. The van der Waals surface area contributed by atoms with Gasteiger partial charge in [-0.05, 0) is 37.1 Å². The number of carbonyl (C=O) groups excluding carboxylic acids is 1. The second-order valence-electron chi connectivity index (χ2n) is 6.97. The molecule has 150 valence electrons. The molecule has 6 heteroatoms. The van der Waals surface area contributed by atoms with E-state index in [1.165, 1.54) is 24.4 Å². The lowest BCUT2D eigenvalue weighted by atomic mass is 10.0. The number of ether oxygens (including phenoxy) is 1. The Kier molecular flexibility index (Phi) is 6.54. The Morgan fingerprint density at radius 1 is 1.10 bits per heavy atom. The van der Waals surface area contributed by atoms with Gasteiger partial charge in [0.1, 0.15) is 0 Å². The lowest BCUT2D eigenvalue weighted by Crippen LogP contribution is -2.25. The topological polar surface area (TPSA) is 61.2 Å². The lowest BCUT2D eigenvalue weighted by molar-refractivity contribution is 0.0600. The van der Waals surface area contributed by atoms with E-state index in [0.29, 0.717) is 22.9 Å². The van der Waals surface area contributed by atoms with Crippen LogP contribution in [0.3, 0.4) is 0 Å². The molecule has 0 aliphatic carbocycles. The molecule has 0 saturated heterocycles. The van der Waals surface area contributed by atoms with E-state index in [1.54, 1.807) is 23.7 Å². The molecule has 0 saturated carbocycles. The van der Waals surface area contributed by atoms with Crippen LogP contribution in [0.5, 0.6) is 0 Å². The van der Waals surface area contributed by atoms with Crippen LogP contribution in [0.2, 0.25) is 0 Å². The molecule has 0 amide bonds. The van der Waals surface area contributed by atoms with Gasteiger partial charge in [0.05, 0.1) is 12.7 Å². The molecular weight excluding hydrogens is 384 g/mol. The first kappa shape index (κ1) is 20.9. The second-order valence-corrected chi connectivity index (χ2v) is 7.91. The van der Waals surface area contributed by atoms with Gasteiger partial charge < -0.3 is 4.74 Å². The highest BCUT2D eigenvalue weighted by molar-refractivity contribution is 7.98. The Balaban J connectivity index is 1.81. The van der Waals surface area contributed by atoms with Crippen molar-refractivity contribution in [2.45, 2.75) is 31.2 Å². The first-order chi connectivity index (χ1) is 13.9. The lowest BCUT2D eigenvalue weighted by Gasteiger charge is -2.12. The van der Waals surface area contributed by atoms with E-state index in [0.717, 1.165) is 22.4 Å². The number of hydrogen-bond acceptors (Lipinski definition) is 5. The van der Waals surface area contributed by atoms with Gasteiger partial charge in [-0.3, -0.25) is 9.36 Å². The van der Waals surface area contributed by atoms with Gasteiger partial charge in [0, 0.05) is 30.5 Å². The van der Waals surface area contributed by atoms with E-state index < -0.39 is 0 Å². The summed E-state index contributed by atoms with van der Waals surface area (Å²) in [5.41, 5.74) is 5.20. The molecule has 3 rings (SSSR count). The predicted octanol–water partition coefficient (Wildman–Crippen LogP) is 4.07. The number of benzene rings is 2. The summed E-state index contributed by atoms with van der Waals surface area (Å²) in [7, 11) is 3.12. The van der Waals surface area contributed by atoms with Gasteiger partial charge in [-0.2, -0.15) is 0 Å². The van der Waals surface area contributed by atoms with Crippen LogP contribution in [0.25, 0.3) is 0 Å². The third-order valence-electron chi connectivity index (χ3n) is 4.73. The highest BCUT2D eigenvalue weighted by atomic mass is 32.2. The molecule has 0 aliphatic heterocycles. The van der Waals surface area contributed by atoms with Crippen LogP contribution in [-0.4, -0.2) is 22.6 Å². The smallest absolute Gasteiger partial charge is 0.337 e. The SMILES string of the molecule is COC(=O)c1cccc(CSc2nc(C)c(Cc3cccc(C)c3)c(=O)n2C)c1. The van der Waals surface area contributed by atoms with Gasteiger partial charge in [0.2, 0.25) is 0 Å². The van der Waals surface area contributed by atoms with Crippen molar-refractivity contribution in [1.29, 1.82) is 0 Å². The molecule has 3 aromatic rings. The number of rotatable bonds is 6. The van der Waals surface area contributed by atoms with Crippen molar-refractivity contribution in [2.24, 2.45) is 7.05 Å². The Morgan fingerprint density at radius 3 is 2.55 bits per heavy atom. The summed E-state index contributed by atoms with van der Waals surface area (Å²) in [6.07, 6.45) is 0.569. The van der Waals surface area contributed by atoms with Crippen LogP contribution < -0.4 is 5.56 Å². The number of hydrogen-bond donors (Lipinski definition) is 0. The van der Waals surface area contributed by atoms with Gasteiger partial charge in [-0.1, -0.05) is 53.7 Å². The highest BCUT2D eigenvalue weighted by Gasteiger charge is 2.14. The number of aryl methyl sites for hydroxylation is 2. The minimum atomic E-state index is -0.362. The van der Waals surface area contributed by atoms with Crippen molar-refractivity contribution in [3.05, 3.63) is 92.4 Å². The van der Waals surface area contributed by atoms with Crippen molar-refractivity contribution < 1.29 is 9.53 Å². The van der Waals surface area contributed by atoms with Gasteiger partial charge in [0.25, 0.3) is 5.56 Å². The molecule has 0 atom stereocenters. The molecule has 1 heterocycles. The van der Waals surface area contributed by atoms with E-state index >= 15 is 0 Å². The van der Waals surface area contributed by atoms with E-state index in [9.17, 15) is 9.59 Å². The molecular formula is C23H24N2O3S. The predicted molar refractivity (Wildman–Crippen MR) is 116 cm³/mol. The average Bonchev–Trinajstić information content (AvgIpc) is 2.72. The first-order valence-corrected chi connectivity index (χ1v) is 10.3. The number of nitrogens with zero attached hydrogens (tertiary/aromatic N) is 2. The molecule has 0 bridgehead atoms. The quantitative estimate of drug-likeness (QED) is 0.350. The maximum Gasteiger partial charge on any atom is 0.337 e. The zero-order valence-electron chi connectivity index (χ0n) is 17.1. The Bertz CT molecular complexity index is 1110. The van der Waals surface area contributed by atoms with Crippen LogP contribution in [0.1, 0.15) is 38.3 Å². The fraction of sp³-hybridized carbons (Fsp3) is 0.261. The molecule has 0 unspecified atom stereocenters. The van der Waals surface area contributed by atoms with Crippen LogP contribution >= 0.6 is 11.8 Å². The number of thioether (sulfide) groups is 1. The summed E-state index contributed by atoms with van der Waals surface area (Å²) in [4.78, 5) is 29.3. The average molecular weight is 409 g/mol. The zero-order valence-corrected chi connectivity index (χ0v) is 17.9. The third-order valence-corrected chi connectivity index (χ3v) is 5.83. The maximum atomic E-state index is 12.9. The number of carbonyl (C=O) groups is 1. The molecule has 1 aromatic heterocycles. The summed E-state index contributed by atoms with van der Waals surface area (Å²) in [5, 5.41) is 0.656. The first-order valence-electron chi connectivity index (χ1n) is 9.31. The number of methoxy groups -OCH3 is 1. The van der Waals surface area contributed by atoms with Crippen LogP contribution in [0.4, 0.5) is 0 Å². The van der Waals surface area contributed by atoms with Crippen LogP contribution in [0.15, 0.2) is 58.5 Å². The van der Waals surface area contributed by atoms with Crippen molar-refractivity contribution in [3.8, 4) is 0 Å².